The summed E-state index contributed by atoms with van der Waals surface area (Å²) < 4.78 is 0.873. The molecule has 0 spiro atoms. The Morgan fingerprint density at radius 2 is 2.22 bits per heavy atom. The lowest BCUT2D eigenvalue weighted by Crippen LogP contribution is -2.12. The monoisotopic (exact) mass is 245 g/mol. The summed E-state index contributed by atoms with van der Waals surface area (Å²) in [6.45, 7) is 6.16. The van der Waals surface area contributed by atoms with Gasteiger partial charge in [0.2, 0.25) is 0 Å². The van der Waals surface area contributed by atoms with E-state index in [2.05, 4.69) is 36.3 Å². The fraction of sp³-hybridized carbons (Fsp3) is 0.308. The maximum absolute atomic E-state index is 10.9. The van der Waals surface area contributed by atoms with E-state index in [4.69, 9.17) is 5.11 Å². The molecular formula is C13H15N3O2. The number of aromatic nitrogens is 3. The van der Waals surface area contributed by atoms with Crippen molar-refractivity contribution in [2.45, 2.75) is 20.8 Å². The Balaban J connectivity index is 2.43. The van der Waals surface area contributed by atoms with E-state index in [0.29, 0.717) is 5.69 Å². The summed E-state index contributed by atoms with van der Waals surface area (Å²) in [5.41, 5.74) is 3.93. The van der Waals surface area contributed by atoms with Gasteiger partial charge in [0, 0.05) is 0 Å². The Bertz CT molecular complexity index is 579. The van der Waals surface area contributed by atoms with Crippen molar-refractivity contribution in [2.24, 2.45) is 5.92 Å². The molecule has 18 heavy (non-hydrogen) atoms. The molecule has 0 saturated carbocycles. The Morgan fingerprint density at radius 3 is 2.83 bits per heavy atom. The minimum absolute atomic E-state index is 0.257. The SMILES string of the molecule is CC1=CC(C)C(=Cc2cnnn2C(=O)O)C(C)=C1. The lowest BCUT2D eigenvalue weighted by molar-refractivity contribution is 0.192. The van der Waals surface area contributed by atoms with Crippen LogP contribution in [0, 0.1) is 5.92 Å². The fourth-order valence-electron chi connectivity index (χ4n) is 2.21. The number of carbonyl (C=O) groups is 1. The number of nitrogens with zero attached hydrogens (tertiary/aromatic N) is 3. The van der Waals surface area contributed by atoms with Crippen LogP contribution in [0.4, 0.5) is 4.79 Å². The molecule has 0 amide bonds. The Kier molecular flexibility index (Phi) is 3.14. The molecule has 0 aromatic carbocycles. The molecule has 5 heteroatoms. The first-order valence-corrected chi connectivity index (χ1v) is 5.71. The molecule has 0 bridgehead atoms. The van der Waals surface area contributed by atoms with E-state index >= 15 is 0 Å². The van der Waals surface area contributed by atoms with Crippen LogP contribution in [-0.2, 0) is 0 Å². The normalized spacial score (nSPS) is 21.7. The second-order valence-electron chi connectivity index (χ2n) is 4.48. The summed E-state index contributed by atoms with van der Waals surface area (Å²) in [5, 5.41) is 16.1. The highest BCUT2D eigenvalue weighted by molar-refractivity contribution is 5.72. The van der Waals surface area contributed by atoms with E-state index in [1.54, 1.807) is 0 Å². The number of hydrogen-bond donors (Lipinski definition) is 1. The Labute approximate surface area is 105 Å². The first kappa shape index (κ1) is 12.3. The third kappa shape index (κ3) is 2.25. The second-order valence-corrected chi connectivity index (χ2v) is 4.48. The topological polar surface area (TPSA) is 68.0 Å². The van der Waals surface area contributed by atoms with E-state index in [1.165, 1.54) is 11.8 Å². The van der Waals surface area contributed by atoms with Gasteiger partial charge in [-0.2, -0.15) is 0 Å². The summed E-state index contributed by atoms with van der Waals surface area (Å²) in [5.74, 6) is 0.257. The van der Waals surface area contributed by atoms with Crippen LogP contribution < -0.4 is 0 Å². The molecule has 1 unspecified atom stereocenters. The van der Waals surface area contributed by atoms with E-state index in [9.17, 15) is 4.79 Å². The quantitative estimate of drug-likeness (QED) is 0.826. The predicted octanol–water partition coefficient (Wildman–Crippen LogP) is 2.73. The number of hydrogen-bond acceptors (Lipinski definition) is 3. The molecule has 0 aliphatic heterocycles. The predicted molar refractivity (Wildman–Crippen MR) is 68.1 cm³/mol. The molecule has 1 N–H and O–H groups in total. The number of allylic oxidation sites excluding steroid dienone is 5. The van der Waals surface area contributed by atoms with E-state index in [-0.39, 0.29) is 5.92 Å². The molecule has 5 nitrogen and oxygen atoms in total. The van der Waals surface area contributed by atoms with Gasteiger partial charge in [-0.3, -0.25) is 0 Å². The van der Waals surface area contributed by atoms with Gasteiger partial charge in [0.15, 0.2) is 0 Å². The van der Waals surface area contributed by atoms with Crippen molar-refractivity contribution in [3.8, 4) is 0 Å². The van der Waals surface area contributed by atoms with Crippen molar-refractivity contribution in [2.75, 3.05) is 0 Å². The van der Waals surface area contributed by atoms with Crippen LogP contribution in [0.1, 0.15) is 26.5 Å². The molecule has 1 atom stereocenters. The highest BCUT2D eigenvalue weighted by atomic mass is 16.4. The van der Waals surface area contributed by atoms with E-state index in [0.717, 1.165) is 15.8 Å². The molecule has 1 aromatic heterocycles. The highest BCUT2D eigenvalue weighted by Gasteiger charge is 2.15. The van der Waals surface area contributed by atoms with Gasteiger partial charge < -0.3 is 5.11 Å². The molecule has 0 radical (unpaired) electrons. The minimum atomic E-state index is -1.13. The smallest absolute Gasteiger partial charge is 0.434 e. The van der Waals surface area contributed by atoms with Crippen LogP contribution in [0.25, 0.3) is 6.08 Å². The maximum Gasteiger partial charge on any atom is 0.434 e. The zero-order chi connectivity index (χ0) is 13.3. The minimum Gasteiger partial charge on any atom is -0.463 e. The van der Waals surface area contributed by atoms with Crippen LogP contribution in [0.5, 0.6) is 0 Å². The summed E-state index contributed by atoms with van der Waals surface area (Å²) in [4.78, 5) is 10.9. The molecular weight excluding hydrogens is 230 g/mol. The molecule has 94 valence electrons. The van der Waals surface area contributed by atoms with Gasteiger partial charge in [0.05, 0.1) is 11.9 Å². The zero-order valence-corrected chi connectivity index (χ0v) is 10.6. The molecule has 1 aromatic rings. The van der Waals surface area contributed by atoms with Crippen molar-refractivity contribution >= 4 is 12.2 Å². The van der Waals surface area contributed by atoms with Gasteiger partial charge in [-0.25, -0.2) is 4.79 Å². The first-order chi connectivity index (χ1) is 8.49. The van der Waals surface area contributed by atoms with Crippen LogP contribution in [0.3, 0.4) is 0 Å². The van der Waals surface area contributed by atoms with E-state index in [1.807, 2.05) is 13.0 Å². The third-order valence-corrected chi connectivity index (χ3v) is 2.96. The van der Waals surface area contributed by atoms with Gasteiger partial charge in [-0.05, 0) is 37.0 Å². The molecule has 1 aliphatic carbocycles. The van der Waals surface area contributed by atoms with Crippen LogP contribution in [0.2, 0.25) is 0 Å². The lowest BCUT2D eigenvalue weighted by atomic mass is 9.87. The van der Waals surface area contributed by atoms with Crippen molar-refractivity contribution < 1.29 is 9.90 Å². The molecule has 1 aliphatic rings. The van der Waals surface area contributed by atoms with Gasteiger partial charge in [0.25, 0.3) is 0 Å². The van der Waals surface area contributed by atoms with Gasteiger partial charge in [0.1, 0.15) is 0 Å². The van der Waals surface area contributed by atoms with Crippen molar-refractivity contribution in [1.29, 1.82) is 0 Å². The van der Waals surface area contributed by atoms with Crippen molar-refractivity contribution in [1.82, 2.24) is 15.0 Å². The average Bonchev–Trinajstić information content (AvgIpc) is 2.71. The van der Waals surface area contributed by atoms with Crippen molar-refractivity contribution in [3.63, 3.8) is 0 Å². The molecule has 0 saturated heterocycles. The summed E-state index contributed by atoms with van der Waals surface area (Å²) >= 11 is 0. The van der Waals surface area contributed by atoms with Gasteiger partial charge in [-0.15, -0.1) is 9.78 Å². The fourth-order valence-corrected chi connectivity index (χ4v) is 2.21. The Hall–Kier alpha value is -2.17. The van der Waals surface area contributed by atoms with Gasteiger partial charge in [-0.1, -0.05) is 29.9 Å². The average molecular weight is 245 g/mol. The maximum atomic E-state index is 10.9. The molecule has 1 heterocycles. The van der Waals surface area contributed by atoms with Gasteiger partial charge >= 0.3 is 6.09 Å². The summed E-state index contributed by atoms with van der Waals surface area (Å²) in [6.07, 6.45) is 6.38. The summed E-state index contributed by atoms with van der Waals surface area (Å²) in [6, 6.07) is 0. The van der Waals surface area contributed by atoms with Crippen LogP contribution >= 0.6 is 0 Å². The number of rotatable bonds is 1. The lowest BCUT2D eigenvalue weighted by Gasteiger charge is -2.19. The zero-order valence-electron chi connectivity index (χ0n) is 10.6. The number of carboxylic acid groups (broad SMARTS) is 1. The highest BCUT2D eigenvalue weighted by Crippen LogP contribution is 2.29. The third-order valence-electron chi connectivity index (χ3n) is 2.96. The van der Waals surface area contributed by atoms with Crippen LogP contribution in [-0.4, -0.2) is 26.2 Å². The second kappa shape index (κ2) is 4.60. The summed E-state index contributed by atoms with van der Waals surface area (Å²) in [7, 11) is 0. The van der Waals surface area contributed by atoms with E-state index < -0.39 is 6.09 Å². The molecule has 2 rings (SSSR count). The largest absolute Gasteiger partial charge is 0.463 e. The molecule has 0 fully saturated rings. The first-order valence-electron chi connectivity index (χ1n) is 5.71. The van der Waals surface area contributed by atoms with Crippen LogP contribution in [0.15, 0.2) is 35.1 Å². The standard InChI is InChI=1S/C13H15N3O2/c1-8-4-9(2)12(10(3)5-8)6-11-7-14-15-16(11)13(17)18/h4-7,9H,1-3H3,(H,17,18). The van der Waals surface area contributed by atoms with Crippen molar-refractivity contribution in [3.05, 3.63) is 40.8 Å². The Morgan fingerprint density at radius 1 is 1.50 bits per heavy atom.